The van der Waals surface area contributed by atoms with Gasteiger partial charge in [-0.1, -0.05) is 13.8 Å². The van der Waals surface area contributed by atoms with Gasteiger partial charge in [-0.2, -0.15) is 0 Å². The number of carboxylic acids is 1. The smallest absolute Gasteiger partial charge is 0.326 e. The zero-order valence-corrected chi connectivity index (χ0v) is 22.2. The van der Waals surface area contributed by atoms with Crippen LogP contribution in [0.3, 0.4) is 0 Å². The molecule has 0 spiro atoms. The van der Waals surface area contributed by atoms with Crippen LogP contribution >= 0.6 is 0 Å². The molecule has 38 heavy (non-hydrogen) atoms. The van der Waals surface area contributed by atoms with E-state index in [0.29, 0.717) is 12.8 Å². The lowest BCUT2D eigenvalue weighted by Gasteiger charge is -2.26. The van der Waals surface area contributed by atoms with Gasteiger partial charge in [0.1, 0.15) is 24.2 Å². The fraction of sp³-hybridized carbons (Fsp3) is 0.727. The second-order valence-electron chi connectivity index (χ2n) is 9.32. The Hall–Kier alpha value is -3.66. The summed E-state index contributed by atoms with van der Waals surface area (Å²) in [4.78, 5) is 57.9. The standard InChI is InChI=1S/C22H44N10O6/c1-11(2)10-15(18(35)31-14(20(37)38)7-5-9-29-22(26)27)32-17(34)13(6-4-8-28-21(24)25)30-19(36)16(23)12(3)33/h11-16,33H,4-10,23H2,1-3H3,(H,30,36)(H,31,35)(H,32,34)(H,37,38)(H4,24,25,28)(H4,26,27,29). The van der Waals surface area contributed by atoms with Crippen molar-refractivity contribution in [2.45, 2.75) is 83.1 Å². The molecule has 16 nitrogen and oxygen atoms in total. The van der Waals surface area contributed by atoms with Crippen LogP contribution in [0, 0.1) is 5.92 Å². The lowest BCUT2D eigenvalue weighted by atomic mass is 10.0. The fourth-order valence-electron chi connectivity index (χ4n) is 3.27. The quantitative estimate of drug-likeness (QED) is 0.0456. The van der Waals surface area contributed by atoms with E-state index in [1.54, 1.807) is 0 Å². The van der Waals surface area contributed by atoms with Crippen LogP contribution in [0.4, 0.5) is 0 Å². The molecule has 0 bridgehead atoms. The van der Waals surface area contributed by atoms with Gasteiger partial charge in [0.05, 0.1) is 6.10 Å². The summed E-state index contributed by atoms with van der Waals surface area (Å²) in [5, 5.41) is 26.7. The molecule has 0 aliphatic carbocycles. The number of aliphatic hydroxyl groups is 1. The summed E-state index contributed by atoms with van der Waals surface area (Å²) in [6.07, 6.45) is -0.220. The molecule has 5 unspecified atom stereocenters. The Balaban J connectivity index is 5.58. The second kappa shape index (κ2) is 17.7. The van der Waals surface area contributed by atoms with Gasteiger partial charge < -0.3 is 54.8 Å². The molecule has 3 amide bonds. The van der Waals surface area contributed by atoms with Crippen molar-refractivity contribution in [1.82, 2.24) is 16.0 Å². The average molecular weight is 545 g/mol. The molecule has 0 rings (SSSR count). The SMILES string of the molecule is CC(C)CC(NC(=O)C(CCCN=C(N)N)NC(=O)C(N)C(C)O)C(=O)NC(CCCN=C(N)N)C(=O)O. The van der Waals surface area contributed by atoms with Gasteiger partial charge in [-0.05, 0) is 44.9 Å². The fourth-order valence-corrected chi connectivity index (χ4v) is 3.27. The highest BCUT2D eigenvalue weighted by molar-refractivity contribution is 5.94. The Morgan fingerprint density at radius 3 is 1.58 bits per heavy atom. The molecule has 0 aromatic heterocycles. The van der Waals surface area contributed by atoms with Gasteiger partial charge in [-0.3, -0.25) is 24.4 Å². The van der Waals surface area contributed by atoms with E-state index in [9.17, 15) is 29.4 Å². The highest BCUT2D eigenvalue weighted by atomic mass is 16.4. The topological polar surface area (TPSA) is 300 Å². The Morgan fingerprint density at radius 2 is 1.16 bits per heavy atom. The normalized spacial score (nSPS) is 14.8. The number of guanidine groups is 2. The molecule has 0 radical (unpaired) electrons. The first-order chi connectivity index (χ1) is 17.6. The number of aliphatic carboxylic acids is 1. The van der Waals surface area contributed by atoms with Gasteiger partial charge in [0.15, 0.2) is 11.9 Å². The molecule has 0 heterocycles. The van der Waals surface area contributed by atoms with Crippen molar-refractivity contribution >= 4 is 35.6 Å². The number of hydrogen-bond acceptors (Lipinski definition) is 8. The second-order valence-corrected chi connectivity index (χ2v) is 9.32. The number of carbonyl (C=O) groups is 4. The largest absolute Gasteiger partial charge is 0.480 e. The summed E-state index contributed by atoms with van der Waals surface area (Å²) in [6.45, 7) is 5.35. The minimum Gasteiger partial charge on any atom is -0.480 e. The zero-order valence-electron chi connectivity index (χ0n) is 22.2. The third kappa shape index (κ3) is 14.8. The van der Waals surface area contributed by atoms with Crippen molar-refractivity contribution in [2.75, 3.05) is 13.1 Å². The van der Waals surface area contributed by atoms with Crippen molar-refractivity contribution in [3.8, 4) is 0 Å². The average Bonchev–Trinajstić information content (AvgIpc) is 2.80. The number of amides is 3. The minimum atomic E-state index is -1.28. The first-order valence-electron chi connectivity index (χ1n) is 12.3. The molecule has 16 heteroatoms. The van der Waals surface area contributed by atoms with Crippen LogP contribution < -0.4 is 44.6 Å². The van der Waals surface area contributed by atoms with Gasteiger partial charge in [-0.25, -0.2) is 4.79 Å². The van der Waals surface area contributed by atoms with Crippen LogP contribution in [0.2, 0.25) is 0 Å². The zero-order chi connectivity index (χ0) is 29.4. The highest BCUT2D eigenvalue weighted by Crippen LogP contribution is 2.09. The predicted octanol–water partition coefficient (Wildman–Crippen LogP) is -3.61. The number of aliphatic hydroxyl groups excluding tert-OH is 1. The maximum absolute atomic E-state index is 13.1. The molecule has 0 aliphatic rings. The van der Waals surface area contributed by atoms with Gasteiger partial charge >= 0.3 is 5.97 Å². The minimum absolute atomic E-state index is 0.0465. The van der Waals surface area contributed by atoms with Crippen molar-refractivity contribution in [3.63, 3.8) is 0 Å². The van der Waals surface area contributed by atoms with Crippen LogP contribution in [0.5, 0.6) is 0 Å². The van der Waals surface area contributed by atoms with Crippen LogP contribution in [-0.2, 0) is 19.2 Å². The van der Waals surface area contributed by atoms with Gasteiger partial charge in [-0.15, -0.1) is 0 Å². The molecule has 0 saturated carbocycles. The molecule has 0 aromatic rings. The van der Waals surface area contributed by atoms with Crippen molar-refractivity contribution in [2.24, 2.45) is 44.6 Å². The number of nitrogens with zero attached hydrogens (tertiary/aromatic N) is 2. The summed E-state index contributed by atoms with van der Waals surface area (Å²) in [5.41, 5.74) is 26.8. The summed E-state index contributed by atoms with van der Waals surface area (Å²) < 4.78 is 0. The number of rotatable bonds is 18. The van der Waals surface area contributed by atoms with Crippen molar-refractivity contribution < 1.29 is 29.4 Å². The predicted molar refractivity (Wildman–Crippen MR) is 142 cm³/mol. The van der Waals surface area contributed by atoms with E-state index in [-0.39, 0.29) is 50.2 Å². The molecule has 0 aliphatic heterocycles. The van der Waals surface area contributed by atoms with E-state index < -0.39 is 54.0 Å². The molecule has 218 valence electrons. The third-order valence-corrected chi connectivity index (χ3v) is 5.30. The number of hydrogen-bond donors (Lipinski definition) is 10. The van der Waals surface area contributed by atoms with E-state index in [1.165, 1.54) is 6.92 Å². The molecule has 0 saturated heterocycles. The van der Waals surface area contributed by atoms with Gasteiger partial charge in [0, 0.05) is 13.1 Å². The molecular formula is C22H44N10O6. The van der Waals surface area contributed by atoms with E-state index in [1.807, 2.05) is 13.8 Å². The first kappa shape index (κ1) is 34.3. The highest BCUT2D eigenvalue weighted by Gasteiger charge is 2.31. The van der Waals surface area contributed by atoms with Crippen LogP contribution in [0.15, 0.2) is 9.98 Å². The van der Waals surface area contributed by atoms with Crippen molar-refractivity contribution in [3.05, 3.63) is 0 Å². The van der Waals surface area contributed by atoms with Crippen LogP contribution in [0.25, 0.3) is 0 Å². The number of carbonyl (C=O) groups excluding carboxylic acids is 3. The number of carboxylic acid groups (broad SMARTS) is 1. The van der Waals surface area contributed by atoms with Crippen LogP contribution in [0.1, 0.15) is 52.9 Å². The first-order valence-corrected chi connectivity index (χ1v) is 12.3. The molecule has 15 N–H and O–H groups in total. The molecule has 0 aromatic carbocycles. The van der Waals surface area contributed by atoms with Crippen LogP contribution in [-0.4, -0.2) is 89.2 Å². The summed E-state index contributed by atoms with van der Waals surface area (Å²) in [5.74, 6) is -3.72. The summed E-state index contributed by atoms with van der Waals surface area (Å²) in [6, 6.07) is -4.74. The molecule has 0 fully saturated rings. The Kier molecular flexibility index (Phi) is 16.0. The Bertz CT molecular complexity index is 840. The lowest BCUT2D eigenvalue weighted by molar-refractivity contribution is -0.142. The molecule has 5 atom stereocenters. The van der Waals surface area contributed by atoms with Gasteiger partial charge in [0.25, 0.3) is 0 Å². The number of nitrogens with one attached hydrogen (secondary N) is 3. The Labute approximate surface area is 222 Å². The Morgan fingerprint density at radius 1 is 0.737 bits per heavy atom. The maximum Gasteiger partial charge on any atom is 0.326 e. The van der Waals surface area contributed by atoms with E-state index in [0.717, 1.165) is 0 Å². The number of nitrogens with two attached hydrogens (primary N) is 5. The maximum atomic E-state index is 13.1. The summed E-state index contributed by atoms with van der Waals surface area (Å²) in [7, 11) is 0. The van der Waals surface area contributed by atoms with Gasteiger partial charge in [0.2, 0.25) is 17.7 Å². The van der Waals surface area contributed by atoms with Crippen molar-refractivity contribution in [1.29, 1.82) is 0 Å². The number of aliphatic imine (C=N–C) groups is 2. The van der Waals surface area contributed by atoms with E-state index in [2.05, 4.69) is 25.9 Å². The third-order valence-electron chi connectivity index (χ3n) is 5.30. The van der Waals surface area contributed by atoms with E-state index >= 15 is 0 Å². The van der Waals surface area contributed by atoms with E-state index in [4.69, 9.17) is 28.7 Å². The monoisotopic (exact) mass is 544 g/mol. The lowest BCUT2D eigenvalue weighted by Crippen LogP contribution is -2.58. The summed E-state index contributed by atoms with van der Waals surface area (Å²) >= 11 is 0. The molecular weight excluding hydrogens is 500 g/mol.